The normalized spacial score (nSPS) is 11.0. The number of hydrogen-bond donors (Lipinski definition) is 2. The molecule has 0 saturated carbocycles. The number of nitrogens with zero attached hydrogens (tertiary/aromatic N) is 1. The summed E-state index contributed by atoms with van der Waals surface area (Å²) in [5.41, 5.74) is 3.36. The Morgan fingerprint density at radius 1 is 1.06 bits per heavy atom. The van der Waals surface area contributed by atoms with E-state index in [2.05, 4.69) is 10.6 Å². The van der Waals surface area contributed by atoms with E-state index in [9.17, 15) is 9.59 Å². The molecule has 3 aromatic rings. The lowest BCUT2D eigenvalue weighted by Crippen LogP contribution is -2.21. The molecule has 0 bridgehead atoms. The van der Waals surface area contributed by atoms with Crippen LogP contribution in [0.25, 0.3) is 11.8 Å². The molecule has 166 valence electrons. The Kier molecular flexibility index (Phi) is 8.26. The number of benzene rings is 2. The van der Waals surface area contributed by atoms with Crippen molar-refractivity contribution in [2.24, 2.45) is 0 Å². The van der Waals surface area contributed by atoms with Gasteiger partial charge in [-0.1, -0.05) is 46.9 Å². The van der Waals surface area contributed by atoms with Gasteiger partial charge in [0.05, 0.1) is 28.2 Å². The van der Waals surface area contributed by atoms with Gasteiger partial charge in [-0.2, -0.15) is 0 Å². The number of amides is 2. The standard InChI is InChI=1S/C23H19Cl4N3O2/c1-28-23(32)15-5-2-14(3-6-15)4-9-21(31)29-12-17-10-16(25)13-30(17)20-8-7-19(26)18(11-24)22(20)27/h2-10,13H,11-12H2,1H3,(H,28,32)(H,29,31)/b9-4+. The van der Waals surface area contributed by atoms with Crippen LogP contribution in [-0.2, 0) is 17.2 Å². The molecule has 0 fully saturated rings. The van der Waals surface area contributed by atoms with Crippen LogP contribution in [0.3, 0.4) is 0 Å². The highest BCUT2D eigenvalue weighted by Crippen LogP contribution is 2.33. The molecule has 9 heteroatoms. The van der Waals surface area contributed by atoms with Gasteiger partial charge in [0.2, 0.25) is 5.91 Å². The summed E-state index contributed by atoms with van der Waals surface area (Å²) in [5, 5.41) is 6.79. The molecule has 0 aliphatic rings. The molecule has 3 rings (SSSR count). The van der Waals surface area contributed by atoms with Crippen molar-refractivity contribution < 1.29 is 9.59 Å². The monoisotopic (exact) mass is 509 g/mol. The van der Waals surface area contributed by atoms with E-state index in [-0.39, 0.29) is 24.2 Å². The van der Waals surface area contributed by atoms with Gasteiger partial charge < -0.3 is 15.2 Å². The summed E-state index contributed by atoms with van der Waals surface area (Å²) >= 11 is 24.8. The molecule has 0 aliphatic heterocycles. The summed E-state index contributed by atoms with van der Waals surface area (Å²) < 4.78 is 1.79. The zero-order chi connectivity index (χ0) is 23.3. The van der Waals surface area contributed by atoms with Crippen molar-refractivity contribution in [2.45, 2.75) is 12.4 Å². The lowest BCUT2D eigenvalue weighted by Gasteiger charge is -2.14. The van der Waals surface area contributed by atoms with E-state index in [0.29, 0.717) is 31.9 Å². The van der Waals surface area contributed by atoms with E-state index >= 15 is 0 Å². The highest BCUT2D eigenvalue weighted by Gasteiger charge is 2.15. The Balaban J connectivity index is 1.71. The number of hydrogen-bond acceptors (Lipinski definition) is 2. The highest BCUT2D eigenvalue weighted by atomic mass is 35.5. The van der Waals surface area contributed by atoms with E-state index in [1.54, 1.807) is 66.4 Å². The van der Waals surface area contributed by atoms with E-state index in [1.807, 2.05) is 0 Å². The third-order valence-corrected chi connectivity index (χ3v) is 5.95. The Bertz CT molecular complexity index is 1170. The van der Waals surface area contributed by atoms with Gasteiger partial charge in [-0.05, 0) is 42.0 Å². The fourth-order valence-corrected chi connectivity index (χ4v) is 4.26. The fourth-order valence-electron chi connectivity index (χ4n) is 3.02. The lowest BCUT2D eigenvalue weighted by molar-refractivity contribution is -0.116. The Labute approximate surface area is 205 Å². The number of carbonyl (C=O) groups excluding carboxylic acids is 2. The van der Waals surface area contributed by atoms with Crippen LogP contribution in [0.2, 0.25) is 15.1 Å². The number of halogens is 4. The van der Waals surface area contributed by atoms with Crippen molar-refractivity contribution in [3.63, 3.8) is 0 Å². The molecule has 1 heterocycles. The van der Waals surface area contributed by atoms with E-state index in [4.69, 9.17) is 46.4 Å². The van der Waals surface area contributed by atoms with Crippen LogP contribution in [0.1, 0.15) is 27.2 Å². The largest absolute Gasteiger partial charge is 0.355 e. The molecular weight excluding hydrogens is 492 g/mol. The molecule has 0 atom stereocenters. The number of rotatable bonds is 7. The number of alkyl halides is 1. The number of nitrogens with one attached hydrogen (secondary N) is 2. The minimum absolute atomic E-state index is 0.168. The number of aromatic nitrogens is 1. The summed E-state index contributed by atoms with van der Waals surface area (Å²) in [6.45, 7) is 0.223. The van der Waals surface area contributed by atoms with Crippen molar-refractivity contribution in [3.8, 4) is 5.69 Å². The summed E-state index contributed by atoms with van der Waals surface area (Å²) in [6, 6.07) is 12.1. The molecule has 0 saturated heterocycles. The average molecular weight is 511 g/mol. The quantitative estimate of drug-likeness (QED) is 0.308. The second kappa shape index (κ2) is 10.9. The van der Waals surface area contributed by atoms with Crippen LogP contribution in [0.5, 0.6) is 0 Å². The van der Waals surface area contributed by atoms with Gasteiger partial charge in [-0.15, -0.1) is 11.6 Å². The molecule has 2 amide bonds. The van der Waals surface area contributed by atoms with Gasteiger partial charge in [-0.25, -0.2) is 0 Å². The zero-order valence-electron chi connectivity index (χ0n) is 17.0. The minimum atomic E-state index is -0.284. The third kappa shape index (κ3) is 5.67. The maximum absolute atomic E-state index is 12.3. The van der Waals surface area contributed by atoms with Crippen LogP contribution in [0.4, 0.5) is 0 Å². The zero-order valence-corrected chi connectivity index (χ0v) is 20.0. The molecule has 0 spiro atoms. The second-order valence-corrected chi connectivity index (χ2v) is 8.25. The lowest BCUT2D eigenvalue weighted by atomic mass is 10.1. The molecule has 2 aromatic carbocycles. The maximum Gasteiger partial charge on any atom is 0.251 e. The van der Waals surface area contributed by atoms with Crippen LogP contribution in [0.15, 0.2) is 54.7 Å². The van der Waals surface area contributed by atoms with Gasteiger partial charge in [0.15, 0.2) is 0 Å². The van der Waals surface area contributed by atoms with Crippen LogP contribution < -0.4 is 10.6 Å². The van der Waals surface area contributed by atoms with Crippen molar-refractivity contribution in [1.29, 1.82) is 0 Å². The topological polar surface area (TPSA) is 63.1 Å². The molecule has 5 nitrogen and oxygen atoms in total. The number of carbonyl (C=O) groups is 2. The molecule has 32 heavy (non-hydrogen) atoms. The predicted molar refractivity (Wildman–Crippen MR) is 131 cm³/mol. The molecule has 1 aromatic heterocycles. The van der Waals surface area contributed by atoms with E-state index < -0.39 is 0 Å². The van der Waals surface area contributed by atoms with Gasteiger partial charge in [0, 0.05) is 41.2 Å². The highest BCUT2D eigenvalue weighted by molar-refractivity contribution is 6.38. The first-order valence-electron chi connectivity index (χ1n) is 9.52. The van der Waals surface area contributed by atoms with Crippen molar-refractivity contribution in [3.05, 3.63) is 92.2 Å². The Morgan fingerprint density at radius 2 is 1.78 bits per heavy atom. The predicted octanol–water partition coefficient (Wildman–Crippen LogP) is 5.87. The molecule has 2 N–H and O–H groups in total. The maximum atomic E-state index is 12.3. The SMILES string of the molecule is CNC(=O)c1ccc(/C=C/C(=O)NCc2cc(Cl)cn2-c2ccc(Cl)c(CCl)c2Cl)cc1. The van der Waals surface area contributed by atoms with Crippen molar-refractivity contribution in [2.75, 3.05) is 7.05 Å². The first-order valence-corrected chi connectivity index (χ1v) is 11.2. The summed E-state index contributed by atoms with van der Waals surface area (Å²) in [6.07, 6.45) is 4.79. The van der Waals surface area contributed by atoms with Crippen molar-refractivity contribution in [1.82, 2.24) is 15.2 Å². The van der Waals surface area contributed by atoms with Gasteiger partial charge >= 0.3 is 0 Å². The van der Waals surface area contributed by atoms with Gasteiger partial charge in [0.1, 0.15) is 0 Å². The Morgan fingerprint density at radius 3 is 2.44 bits per heavy atom. The average Bonchev–Trinajstić information content (AvgIpc) is 3.16. The van der Waals surface area contributed by atoms with Crippen LogP contribution in [0, 0.1) is 0 Å². The van der Waals surface area contributed by atoms with Crippen molar-refractivity contribution >= 4 is 64.3 Å². The molecule has 0 radical (unpaired) electrons. The van der Waals surface area contributed by atoms with Crippen LogP contribution >= 0.6 is 46.4 Å². The third-order valence-electron chi connectivity index (χ3n) is 4.70. The smallest absolute Gasteiger partial charge is 0.251 e. The first-order chi connectivity index (χ1) is 15.3. The van der Waals surface area contributed by atoms with Gasteiger partial charge in [-0.3, -0.25) is 9.59 Å². The minimum Gasteiger partial charge on any atom is -0.355 e. The summed E-state index contributed by atoms with van der Waals surface area (Å²) in [7, 11) is 1.57. The fraction of sp³-hybridized carbons (Fsp3) is 0.130. The summed E-state index contributed by atoms with van der Waals surface area (Å²) in [5.74, 6) is -0.284. The Hall–Kier alpha value is -2.44. The van der Waals surface area contributed by atoms with E-state index in [1.165, 1.54) is 6.08 Å². The molecule has 0 aliphatic carbocycles. The molecule has 0 unspecified atom stereocenters. The van der Waals surface area contributed by atoms with E-state index in [0.717, 1.165) is 11.3 Å². The van der Waals surface area contributed by atoms with Gasteiger partial charge in [0.25, 0.3) is 5.91 Å². The summed E-state index contributed by atoms with van der Waals surface area (Å²) in [4.78, 5) is 23.9. The first kappa shape index (κ1) is 24.2. The molecular formula is C23H19Cl4N3O2. The van der Waals surface area contributed by atoms with Crippen LogP contribution in [-0.4, -0.2) is 23.4 Å². The second-order valence-electron chi connectivity index (χ2n) is 6.76.